The minimum Gasteiger partial charge on any atom is -0.375 e. The van der Waals surface area contributed by atoms with Crippen LogP contribution in [0.15, 0.2) is 24.3 Å². The van der Waals surface area contributed by atoms with Gasteiger partial charge in [-0.05, 0) is 30.7 Å². The number of halogens is 2. The molecule has 0 spiro atoms. The van der Waals surface area contributed by atoms with Crippen LogP contribution in [0.1, 0.15) is 30.1 Å². The predicted molar refractivity (Wildman–Crippen MR) is 81.0 cm³/mol. The lowest BCUT2D eigenvalue weighted by atomic mass is 10.1. The standard InChI is InChI=1S/C15H23F2N3O/c1-3-4-9-20(2)13-7-5-12(6-8-13)14(21)19-11-15(16,17)10-18/h5-8H,3-4,9-11,18H2,1-2H3,(H,19,21). The molecule has 0 fully saturated rings. The Kier molecular flexibility index (Phi) is 6.55. The highest BCUT2D eigenvalue weighted by Crippen LogP contribution is 2.15. The molecule has 0 unspecified atom stereocenters. The number of amides is 1. The maximum Gasteiger partial charge on any atom is 0.277 e. The zero-order valence-corrected chi connectivity index (χ0v) is 12.5. The number of hydrogen-bond donors (Lipinski definition) is 2. The lowest BCUT2D eigenvalue weighted by molar-refractivity contribution is 0.0118. The van der Waals surface area contributed by atoms with Crippen LogP contribution in [0.25, 0.3) is 0 Å². The number of nitrogens with zero attached hydrogens (tertiary/aromatic N) is 1. The monoisotopic (exact) mass is 299 g/mol. The van der Waals surface area contributed by atoms with Crippen molar-refractivity contribution in [2.45, 2.75) is 25.7 Å². The second-order valence-electron chi connectivity index (χ2n) is 5.06. The molecule has 0 saturated carbocycles. The van der Waals surface area contributed by atoms with Gasteiger partial charge in [0.25, 0.3) is 11.8 Å². The molecular weight excluding hydrogens is 276 g/mol. The largest absolute Gasteiger partial charge is 0.375 e. The van der Waals surface area contributed by atoms with Crippen molar-refractivity contribution in [1.82, 2.24) is 5.32 Å². The zero-order valence-electron chi connectivity index (χ0n) is 12.5. The predicted octanol–water partition coefficient (Wildman–Crippen LogP) is 2.25. The van der Waals surface area contributed by atoms with E-state index in [1.165, 1.54) is 0 Å². The topological polar surface area (TPSA) is 58.4 Å². The van der Waals surface area contributed by atoms with E-state index in [-0.39, 0.29) is 0 Å². The molecule has 0 aliphatic rings. The summed E-state index contributed by atoms with van der Waals surface area (Å²) in [7, 11) is 1.98. The highest BCUT2D eigenvalue weighted by atomic mass is 19.3. The first kappa shape index (κ1) is 17.4. The van der Waals surface area contributed by atoms with Gasteiger partial charge in [0.15, 0.2) is 0 Å². The fourth-order valence-electron chi connectivity index (χ4n) is 1.78. The molecule has 0 aliphatic carbocycles. The van der Waals surface area contributed by atoms with Gasteiger partial charge in [-0.25, -0.2) is 8.78 Å². The average molecular weight is 299 g/mol. The molecule has 3 N–H and O–H groups in total. The van der Waals surface area contributed by atoms with Crippen molar-refractivity contribution in [1.29, 1.82) is 0 Å². The molecule has 0 bridgehead atoms. The summed E-state index contributed by atoms with van der Waals surface area (Å²) in [6, 6.07) is 6.89. The van der Waals surface area contributed by atoms with E-state index < -0.39 is 24.9 Å². The third kappa shape index (κ3) is 5.67. The first-order chi connectivity index (χ1) is 9.89. The summed E-state index contributed by atoms with van der Waals surface area (Å²) >= 11 is 0. The van der Waals surface area contributed by atoms with Gasteiger partial charge in [0.1, 0.15) is 0 Å². The molecule has 1 rings (SSSR count). The van der Waals surface area contributed by atoms with Gasteiger partial charge in [-0.2, -0.15) is 0 Å². The van der Waals surface area contributed by atoms with E-state index in [1.54, 1.807) is 12.1 Å². The lowest BCUT2D eigenvalue weighted by Crippen LogP contribution is -2.41. The summed E-state index contributed by atoms with van der Waals surface area (Å²) in [6.45, 7) is 1.53. The number of anilines is 1. The molecule has 1 aromatic rings. The van der Waals surface area contributed by atoms with Gasteiger partial charge in [-0.15, -0.1) is 0 Å². The maximum absolute atomic E-state index is 13.0. The lowest BCUT2D eigenvalue weighted by Gasteiger charge is -2.19. The first-order valence-electron chi connectivity index (χ1n) is 7.07. The summed E-state index contributed by atoms with van der Waals surface area (Å²) in [6.07, 6.45) is 2.20. The third-order valence-corrected chi connectivity index (χ3v) is 3.22. The Labute approximate surface area is 124 Å². The Morgan fingerprint density at radius 1 is 1.33 bits per heavy atom. The van der Waals surface area contributed by atoms with Gasteiger partial charge in [-0.3, -0.25) is 4.79 Å². The summed E-state index contributed by atoms with van der Waals surface area (Å²) in [4.78, 5) is 13.9. The Morgan fingerprint density at radius 2 is 1.95 bits per heavy atom. The van der Waals surface area contributed by atoms with Crippen molar-refractivity contribution in [3.63, 3.8) is 0 Å². The highest BCUT2D eigenvalue weighted by molar-refractivity contribution is 5.94. The fourth-order valence-corrected chi connectivity index (χ4v) is 1.78. The minimum atomic E-state index is -3.07. The van der Waals surface area contributed by atoms with Crippen LogP contribution in [0.3, 0.4) is 0 Å². The number of nitrogens with one attached hydrogen (secondary N) is 1. The van der Waals surface area contributed by atoms with Crippen LogP contribution >= 0.6 is 0 Å². The Morgan fingerprint density at radius 3 is 2.48 bits per heavy atom. The Hall–Kier alpha value is -1.69. The molecule has 0 aromatic heterocycles. The van der Waals surface area contributed by atoms with Gasteiger partial charge in [0, 0.05) is 24.8 Å². The van der Waals surface area contributed by atoms with Crippen LogP contribution in [-0.4, -0.2) is 38.5 Å². The second kappa shape index (κ2) is 7.93. The number of alkyl halides is 2. The van der Waals surface area contributed by atoms with Crippen LogP contribution in [0.2, 0.25) is 0 Å². The molecule has 0 atom stereocenters. The van der Waals surface area contributed by atoms with E-state index in [0.717, 1.165) is 25.1 Å². The van der Waals surface area contributed by atoms with Crippen LogP contribution in [0.4, 0.5) is 14.5 Å². The van der Waals surface area contributed by atoms with E-state index in [4.69, 9.17) is 5.73 Å². The first-order valence-corrected chi connectivity index (χ1v) is 7.07. The van der Waals surface area contributed by atoms with Crippen LogP contribution in [0.5, 0.6) is 0 Å². The minimum absolute atomic E-state index is 0.357. The number of carbonyl (C=O) groups excluding carboxylic acids is 1. The molecule has 118 valence electrons. The van der Waals surface area contributed by atoms with Gasteiger partial charge in [0.2, 0.25) is 0 Å². The van der Waals surface area contributed by atoms with Gasteiger partial charge >= 0.3 is 0 Å². The molecular formula is C15H23F2N3O. The van der Waals surface area contributed by atoms with Crippen molar-refractivity contribution >= 4 is 11.6 Å². The number of benzene rings is 1. The Bertz CT molecular complexity index is 449. The molecule has 6 heteroatoms. The Balaban J connectivity index is 2.59. The van der Waals surface area contributed by atoms with E-state index in [0.29, 0.717) is 5.56 Å². The fraction of sp³-hybridized carbons (Fsp3) is 0.533. The summed E-state index contributed by atoms with van der Waals surface area (Å²) < 4.78 is 25.9. The van der Waals surface area contributed by atoms with Crippen molar-refractivity contribution in [2.24, 2.45) is 5.73 Å². The van der Waals surface area contributed by atoms with E-state index in [9.17, 15) is 13.6 Å². The zero-order chi connectivity index (χ0) is 15.9. The molecule has 0 aliphatic heterocycles. The summed E-state index contributed by atoms with van der Waals surface area (Å²) in [5.74, 6) is -3.60. The molecule has 1 aromatic carbocycles. The SMILES string of the molecule is CCCCN(C)c1ccc(C(=O)NCC(F)(F)CN)cc1. The molecule has 0 radical (unpaired) electrons. The molecule has 0 heterocycles. The van der Waals surface area contributed by atoms with Crippen LogP contribution < -0.4 is 16.0 Å². The third-order valence-electron chi connectivity index (χ3n) is 3.22. The summed E-state index contributed by atoms with van der Waals surface area (Å²) in [5, 5.41) is 2.19. The number of nitrogens with two attached hydrogens (primary N) is 1. The van der Waals surface area contributed by atoms with E-state index in [2.05, 4.69) is 17.1 Å². The smallest absolute Gasteiger partial charge is 0.277 e. The van der Waals surface area contributed by atoms with Crippen molar-refractivity contribution in [3.8, 4) is 0 Å². The van der Waals surface area contributed by atoms with E-state index in [1.807, 2.05) is 19.2 Å². The number of rotatable bonds is 8. The summed E-state index contributed by atoms with van der Waals surface area (Å²) in [5.41, 5.74) is 6.27. The molecule has 0 saturated heterocycles. The van der Waals surface area contributed by atoms with Crippen molar-refractivity contribution in [3.05, 3.63) is 29.8 Å². The van der Waals surface area contributed by atoms with Gasteiger partial charge in [0.05, 0.1) is 13.1 Å². The van der Waals surface area contributed by atoms with E-state index >= 15 is 0 Å². The van der Waals surface area contributed by atoms with Crippen LogP contribution in [-0.2, 0) is 0 Å². The van der Waals surface area contributed by atoms with Crippen molar-refractivity contribution < 1.29 is 13.6 Å². The van der Waals surface area contributed by atoms with Gasteiger partial charge < -0.3 is 16.0 Å². The molecule has 21 heavy (non-hydrogen) atoms. The van der Waals surface area contributed by atoms with Gasteiger partial charge in [-0.1, -0.05) is 13.3 Å². The normalized spacial score (nSPS) is 11.3. The second-order valence-corrected chi connectivity index (χ2v) is 5.06. The number of carbonyl (C=O) groups is 1. The maximum atomic E-state index is 13.0. The highest BCUT2D eigenvalue weighted by Gasteiger charge is 2.27. The number of unbranched alkanes of at least 4 members (excludes halogenated alkanes) is 1. The molecule has 4 nitrogen and oxygen atoms in total. The average Bonchev–Trinajstić information content (AvgIpc) is 2.50. The number of hydrogen-bond acceptors (Lipinski definition) is 3. The van der Waals surface area contributed by atoms with Crippen molar-refractivity contribution in [2.75, 3.05) is 31.6 Å². The van der Waals surface area contributed by atoms with Crippen LogP contribution in [0, 0.1) is 0 Å². The quantitative estimate of drug-likeness (QED) is 0.774. The molecule has 1 amide bonds.